The zero-order chi connectivity index (χ0) is 20.3. The summed E-state index contributed by atoms with van der Waals surface area (Å²) in [4.78, 5) is 26.6. The highest BCUT2D eigenvalue weighted by molar-refractivity contribution is 6.31. The molecule has 3 rings (SSSR count). The molecule has 150 valence electrons. The second-order valence-electron chi connectivity index (χ2n) is 7.01. The van der Waals surface area contributed by atoms with Gasteiger partial charge in [0.1, 0.15) is 5.76 Å². The second-order valence-corrected chi connectivity index (χ2v) is 7.44. The Morgan fingerprint density at radius 2 is 2.18 bits per heavy atom. The summed E-state index contributed by atoms with van der Waals surface area (Å²) < 4.78 is 5.20. The molecular formula is C19H24ClN5O3. The van der Waals surface area contributed by atoms with E-state index in [1.54, 1.807) is 12.1 Å². The van der Waals surface area contributed by atoms with Crippen LogP contribution < -0.4 is 16.4 Å². The number of rotatable bonds is 6. The van der Waals surface area contributed by atoms with Crippen molar-refractivity contribution in [3.63, 3.8) is 0 Å². The van der Waals surface area contributed by atoms with Crippen molar-refractivity contribution in [3.8, 4) is 0 Å². The minimum atomic E-state index is -0.429. The maximum absolute atomic E-state index is 12.2. The van der Waals surface area contributed by atoms with E-state index in [1.165, 1.54) is 6.07 Å². The van der Waals surface area contributed by atoms with Crippen LogP contribution in [-0.2, 0) is 11.3 Å². The van der Waals surface area contributed by atoms with Crippen molar-refractivity contribution < 1.29 is 14.1 Å². The van der Waals surface area contributed by atoms with Crippen LogP contribution in [0.2, 0.25) is 5.02 Å². The number of amides is 2. The minimum absolute atomic E-state index is 0.0427. The number of nitrogens with zero attached hydrogens (tertiary/aromatic N) is 2. The molecule has 0 radical (unpaired) electrons. The number of nitrogens with two attached hydrogens (primary N) is 1. The number of nitrogen functional groups attached to an aromatic ring is 1. The summed E-state index contributed by atoms with van der Waals surface area (Å²) in [5.74, 6) is 0.160. The number of nitrogens with one attached hydrogen (secondary N) is 2. The molecule has 0 aliphatic carbocycles. The van der Waals surface area contributed by atoms with Crippen LogP contribution in [0.1, 0.15) is 33.8 Å². The third-order valence-corrected chi connectivity index (χ3v) is 5.10. The number of aryl methyl sites for hydroxylation is 2. The number of hydrogen-bond donors (Lipinski definition) is 3. The Morgan fingerprint density at radius 3 is 2.89 bits per heavy atom. The Kier molecular flexibility index (Phi) is 6.21. The van der Waals surface area contributed by atoms with E-state index < -0.39 is 5.91 Å². The molecule has 2 heterocycles. The molecule has 1 fully saturated rings. The Bertz CT molecular complexity index is 863. The first kappa shape index (κ1) is 20.2. The number of aromatic nitrogens is 1. The molecule has 2 aromatic rings. The number of carbonyl (C=O) groups is 2. The molecule has 1 saturated heterocycles. The predicted molar refractivity (Wildman–Crippen MR) is 106 cm³/mol. The van der Waals surface area contributed by atoms with E-state index in [2.05, 4.69) is 20.7 Å². The van der Waals surface area contributed by atoms with Gasteiger partial charge in [-0.15, -0.1) is 0 Å². The molecule has 28 heavy (non-hydrogen) atoms. The summed E-state index contributed by atoms with van der Waals surface area (Å²) in [7, 11) is 0. The zero-order valence-electron chi connectivity index (χ0n) is 15.9. The summed E-state index contributed by atoms with van der Waals surface area (Å²) in [5.41, 5.74) is 8.35. The van der Waals surface area contributed by atoms with E-state index in [-0.39, 0.29) is 24.1 Å². The van der Waals surface area contributed by atoms with Crippen molar-refractivity contribution in [1.29, 1.82) is 0 Å². The van der Waals surface area contributed by atoms with Crippen molar-refractivity contribution in [1.82, 2.24) is 20.7 Å². The summed E-state index contributed by atoms with van der Waals surface area (Å²) in [6, 6.07) is 4.69. The molecular weight excluding hydrogens is 382 g/mol. The van der Waals surface area contributed by atoms with Gasteiger partial charge in [0, 0.05) is 41.9 Å². The van der Waals surface area contributed by atoms with Crippen LogP contribution in [0.3, 0.4) is 0 Å². The lowest BCUT2D eigenvalue weighted by molar-refractivity contribution is -0.120. The fourth-order valence-electron chi connectivity index (χ4n) is 3.30. The van der Waals surface area contributed by atoms with E-state index in [4.69, 9.17) is 21.9 Å². The highest BCUT2D eigenvalue weighted by Gasteiger charge is 2.25. The van der Waals surface area contributed by atoms with Crippen molar-refractivity contribution in [2.75, 3.05) is 25.4 Å². The highest BCUT2D eigenvalue weighted by Crippen LogP contribution is 2.19. The number of anilines is 1. The van der Waals surface area contributed by atoms with Gasteiger partial charge in [-0.05, 0) is 38.5 Å². The monoisotopic (exact) mass is 405 g/mol. The lowest BCUT2D eigenvalue weighted by atomic mass is 10.1. The topological polar surface area (TPSA) is 113 Å². The molecule has 9 heteroatoms. The van der Waals surface area contributed by atoms with Crippen LogP contribution in [0.15, 0.2) is 22.7 Å². The Labute approximate surface area is 168 Å². The first-order chi connectivity index (χ1) is 13.3. The van der Waals surface area contributed by atoms with Gasteiger partial charge in [0.15, 0.2) is 0 Å². The minimum Gasteiger partial charge on any atom is -0.398 e. The summed E-state index contributed by atoms with van der Waals surface area (Å²) in [6.07, 6.45) is 0.851. The SMILES string of the molecule is Cc1noc(C)c1CN1CC[C@@H](NC(=O)CNC(=O)c2cc(Cl)ccc2N)C1. The maximum Gasteiger partial charge on any atom is 0.253 e. The van der Waals surface area contributed by atoms with Gasteiger partial charge in [0.05, 0.1) is 17.8 Å². The van der Waals surface area contributed by atoms with Gasteiger partial charge in [-0.25, -0.2) is 0 Å². The summed E-state index contributed by atoms with van der Waals surface area (Å²) in [6.45, 7) is 6.07. The lowest BCUT2D eigenvalue weighted by Crippen LogP contribution is -2.43. The van der Waals surface area contributed by atoms with Crippen LogP contribution in [0.5, 0.6) is 0 Å². The second kappa shape index (κ2) is 8.62. The van der Waals surface area contributed by atoms with Gasteiger partial charge in [-0.1, -0.05) is 16.8 Å². The predicted octanol–water partition coefficient (Wildman–Crippen LogP) is 1.65. The van der Waals surface area contributed by atoms with Gasteiger partial charge < -0.3 is 20.9 Å². The average molecular weight is 406 g/mol. The molecule has 4 N–H and O–H groups in total. The molecule has 8 nitrogen and oxygen atoms in total. The number of hydrogen-bond acceptors (Lipinski definition) is 6. The van der Waals surface area contributed by atoms with E-state index in [0.29, 0.717) is 10.7 Å². The van der Waals surface area contributed by atoms with E-state index in [0.717, 1.165) is 43.1 Å². The maximum atomic E-state index is 12.2. The molecule has 1 atom stereocenters. The van der Waals surface area contributed by atoms with Crippen molar-refractivity contribution >= 4 is 29.1 Å². The van der Waals surface area contributed by atoms with Gasteiger partial charge >= 0.3 is 0 Å². The number of carbonyl (C=O) groups excluding carboxylic acids is 2. The fourth-order valence-corrected chi connectivity index (χ4v) is 3.48. The van der Waals surface area contributed by atoms with Crippen molar-refractivity contribution in [2.45, 2.75) is 32.9 Å². The molecule has 1 aliphatic rings. The molecule has 1 aliphatic heterocycles. The number of benzene rings is 1. The zero-order valence-corrected chi connectivity index (χ0v) is 16.7. The summed E-state index contributed by atoms with van der Waals surface area (Å²) in [5, 5.41) is 9.92. The van der Waals surface area contributed by atoms with Crippen molar-refractivity contribution in [3.05, 3.63) is 45.8 Å². The molecule has 1 aromatic heterocycles. The van der Waals surface area contributed by atoms with E-state index in [1.807, 2.05) is 13.8 Å². The van der Waals surface area contributed by atoms with Gasteiger partial charge in [-0.2, -0.15) is 0 Å². The Balaban J connectivity index is 1.45. The molecule has 0 saturated carbocycles. The normalized spacial score (nSPS) is 16.9. The first-order valence-corrected chi connectivity index (χ1v) is 9.48. The Hall–Kier alpha value is -2.58. The summed E-state index contributed by atoms with van der Waals surface area (Å²) >= 11 is 5.89. The molecule has 0 spiro atoms. The number of halogens is 1. The largest absolute Gasteiger partial charge is 0.398 e. The quantitative estimate of drug-likeness (QED) is 0.630. The van der Waals surface area contributed by atoms with Crippen LogP contribution in [-0.4, -0.2) is 47.5 Å². The van der Waals surface area contributed by atoms with Crippen LogP contribution in [0.25, 0.3) is 0 Å². The van der Waals surface area contributed by atoms with Crippen LogP contribution in [0, 0.1) is 13.8 Å². The van der Waals surface area contributed by atoms with E-state index >= 15 is 0 Å². The van der Waals surface area contributed by atoms with Crippen LogP contribution >= 0.6 is 11.6 Å². The third kappa shape index (κ3) is 4.82. The van der Waals surface area contributed by atoms with Gasteiger partial charge in [0.2, 0.25) is 5.91 Å². The number of likely N-dealkylation sites (tertiary alicyclic amines) is 1. The van der Waals surface area contributed by atoms with E-state index in [9.17, 15) is 9.59 Å². The average Bonchev–Trinajstić information content (AvgIpc) is 3.23. The first-order valence-electron chi connectivity index (χ1n) is 9.10. The van der Waals surface area contributed by atoms with Gasteiger partial charge in [0.25, 0.3) is 5.91 Å². The molecule has 2 amide bonds. The highest BCUT2D eigenvalue weighted by atomic mass is 35.5. The smallest absolute Gasteiger partial charge is 0.253 e. The third-order valence-electron chi connectivity index (χ3n) is 4.87. The fraction of sp³-hybridized carbons (Fsp3) is 0.421. The molecule has 1 aromatic carbocycles. The molecule has 0 bridgehead atoms. The molecule has 0 unspecified atom stereocenters. The van der Waals surface area contributed by atoms with Crippen LogP contribution in [0.4, 0.5) is 5.69 Å². The lowest BCUT2D eigenvalue weighted by Gasteiger charge is -2.17. The van der Waals surface area contributed by atoms with Crippen molar-refractivity contribution in [2.24, 2.45) is 0 Å². The Morgan fingerprint density at radius 1 is 1.39 bits per heavy atom. The van der Waals surface area contributed by atoms with Gasteiger partial charge in [-0.3, -0.25) is 14.5 Å². The standard InChI is InChI=1S/C19H24ClN5O3/c1-11-16(12(2)28-24-11)10-25-6-5-14(9-25)23-18(26)8-22-19(27)15-7-13(20)3-4-17(15)21/h3-4,7,14H,5-6,8-10,21H2,1-2H3,(H,22,27)(H,23,26)/t14-/m1/s1.